The van der Waals surface area contributed by atoms with Gasteiger partial charge < -0.3 is 10.2 Å². The van der Waals surface area contributed by atoms with Crippen LogP contribution in [0.15, 0.2) is 36.4 Å². The number of aliphatic carboxylic acids is 2. The van der Waals surface area contributed by atoms with Gasteiger partial charge in [0, 0.05) is 3.57 Å². The lowest BCUT2D eigenvalue weighted by atomic mass is 10.1. The fraction of sp³-hybridized carbons (Fsp3) is 0.429. The highest BCUT2D eigenvalue weighted by molar-refractivity contribution is 14.1. The molecule has 0 amide bonds. The number of allylic oxidation sites excluding steroid dienone is 2. The Morgan fingerprint density at radius 1 is 0.846 bits per heavy atom. The zero-order valence-electron chi connectivity index (χ0n) is 16.4. The predicted molar refractivity (Wildman–Crippen MR) is 117 cm³/mol. The van der Waals surface area contributed by atoms with E-state index in [0.29, 0.717) is 0 Å². The summed E-state index contributed by atoms with van der Waals surface area (Å²) >= 11 is 2.39. The zero-order chi connectivity index (χ0) is 20.5. The number of carboxylic acids is 2. The third-order valence-corrected chi connectivity index (χ3v) is 4.67. The zero-order valence-corrected chi connectivity index (χ0v) is 18.5. The summed E-state index contributed by atoms with van der Waals surface area (Å²) in [5, 5.41) is 16.2. The Morgan fingerprint density at radius 2 is 1.19 bits per heavy atom. The van der Waals surface area contributed by atoms with Crippen molar-refractivity contribution in [1.29, 1.82) is 0 Å². The summed E-state index contributed by atoms with van der Waals surface area (Å²) in [5.41, 5.74) is 4.13. The van der Waals surface area contributed by atoms with E-state index in [9.17, 15) is 9.59 Å². The monoisotopic (exact) mass is 474 g/mol. The molecule has 4 nitrogen and oxygen atoms in total. The molecule has 0 spiro atoms. The Morgan fingerprint density at radius 3 is 1.46 bits per heavy atom. The first-order valence-electron chi connectivity index (χ1n) is 8.62. The number of aryl methyl sites for hydroxylation is 3. The van der Waals surface area contributed by atoms with Gasteiger partial charge in [-0.1, -0.05) is 55.8 Å². The molecule has 0 aromatic heterocycles. The molecule has 26 heavy (non-hydrogen) atoms. The van der Waals surface area contributed by atoms with E-state index in [1.165, 1.54) is 20.3 Å². The smallest absolute Gasteiger partial charge is 0.307 e. The van der Waals surface area contributed by atoms with Crippen LogP contribution in [0.3, 0.4) is 0 Å². The third kappa shape index (κ3) is 17.2. The molecule has 5 heteroatoms. The van der Waals surface area contributed by atoms with Crippen molar-refractivity contribution >= 4 is 34.5 Å². The summed E-state index contributed by atoms with van der Waals surface area (Å²) in [4.78, 5) is 19.6. The van der Waals surface area contributed by atoms with E-state index in [-0.39, 0.29) is 12.8 Å². The van der Waals surface area contributed by atoms with Crippen LogP contribution in [0.25, 0.3) is 0 Å². The van der Waals surface area contributed by atoms with E-state index in [4.69, 9.17) is 10.2 Å². The molecule has 0 heterocycles. The molecule has 1 rings (SSSR count). The minimum atomic E-state index is -0.769. The molecule has 0 aliphatic rings. The first kappa shape index (κ1) is 26.6. The van der Waals surface area contributed by atoms with Crippen molar-refractivity contribution in [2.45, 2.75) is 60.3 Å². The second-order valence-corrected chi connectivity index (χ2v) is 6.75. The predicted octanol–water partition coefficient (Wildman–Crippen LogP) is 6.07. The van der Waals surface area contributed by atoms with Crippen LogP contribution in [0.5, 0.6) is 0 Å². The average molecular weight is 474 g/mol. The number of benzene rings is 1. The van der Waals surface area contributed by atoms with Crippen molar-refractivity contribution in [3.05, 3.63) is 56.7 Å². The molecule has 0 aliphatic carbocycles. The highest BCUT2D eigenvalue weighted by Gasteiger charge is 1.97. The van der Waals surface area contributed by atoms with Crippen LogP contribution in [-0.4, -0.2) is 22.2 Å². The van der Waals surface area contributed by atoms with Gasteiger partial charge in [-0.25, -0.2) is 0 Å². The number of halogens is 1. The van der Waals surface area contributed by atoms with Gasteiger partial charge in [-0.2, -0.15) is 0 Å². The van der Waals surface area contributed by atoms with E-state index >= 15 is 0 Å². The first-order chi connectivity index (χ1) is 12.1. The maximum atomic E-state index is 9.82. The summed E-state index contributed by atoms with van der Waals surface area (Å²) in [5.74, 6) is -1.54. The number of rotatable bonds is 6. The summed E-state index contributed by atoms with van der Waals surface area (Å²) in [6.45, 7) is 10.4. The Bertz CT molecular complexity index is 555. The SMILES string of the molecule is CCC=CCC(=O)O.CCC=CCC(=O)O.Cc1cc(C)c(I)c(C)c1. The molecule has 1 aromatic carbocycles. The van der Waals surface area contributed by atoms with E-state index < -0.39 is 11.9 Å². The van der Waals surface area contributed by atoms with Gasteiger partial charge in [0.05, 0.1) is 12.8 Å². The van der Waals surface area contributed by atoms with Crippen LogP contribution in [0.4, 0.5) is 0 Å². The van der Waals surface area contributed by atoms with Gasteiger partial charge in [-0.05, 0) is 67.3 Å². The van der Waals surface area contributed by atoms with Crippen LogP contribution in [0.2, 0.25) is 0 Å². The fourth-order valence-electron chi connectivity index (χ4n) is 1.86. The molecule has 0 aliphatic heterocycles. The largest absolute Gasteiger partial charge is 0.481 e. The summed E-state index contributed by atoms with van der Waals surface area (Å²) in [6.07, 6.45) is 9.11. The van der Waals surface area contributed by atoms with Gasteiger partial charge in [-0.15, -0.1) is 0 Å². The third-order valence-electron chi connectivity index (χ3n) is 2.97. The van der Waals surface area contributed by atoms with Crippen LogP contribution in [0, 0.1) is 24.3 Å². The molecule has 0 bridgehead atoms. The topological polar surface area (TPSA) is 74.6 Å². The highest BCUT2D eigenvalue weighted by atomic mass is 127. The van der Waals surface area contributed by atoms with E-state index in [0.717, 1.165) is 12.8 Å². The van der Waals surface area contributed by atoms with Crippen molar-refractivity contribution in [3.63, 3.8) is 0 Å². The molecule has 1 aromatic rings. The molecule has 0 radical (unpaired) electrons. The Labute approximate surface area is 171 Å². The fourth-order valence-corrected chi connectivity index (χ4v) is 2.18. The minimum Gasteiger partial charge on any atom is -0.481 e. The Balaban J connectivity index is 0. The average Bonchev–Trinajstić information content (AvgIpc) is 2.53. The summed E-state index contributed by atoms with van der Waals surface area (Å²) in [6, 6.07) is 4.43. The molecular weight excluding hydrogens is 443 g/mol. The molecule has 0 saturated heterocycles. The second kappa shape index (κ2) is 16.8. The normalized spacial score (nSPS) is 10.1. The van der Waals surface area contributed by atoms with E-state index in [2.05, 4.69) is 55.5 Å². The van der Waals surface area contributed by atoms with Gasteiger partial charge in [0.25, 0.3) is 0 Å². The Hall–Kier alpha value is -1.63. The lowest BCUT2D eigenvalue weighted by Gasteiger charge is -2.03. The summed E-state index contributed by atoms with van der Waals surface area (Å²) < 4.78 is 1.39. The quantitative estimate of drug-likeness (QED) is 0.388. The maximum absolute atomic E-state index is 9.82. The van der Waals surface area contributed by atoms with Crippen LogP contribution >= 0.6 is 22.6 Å². The number of hydrogen-bond donors (Lipinski definition) is 2. The number of carbonyl (C=O) groups is 2. The molecular formula is C21H31IO4. The van der Waals surface area contributed by atoms with Gasteiger partial charge in [0.15, 0.2) is 0 Å². The van der Waals surface area contributed by atoms with Crippen molar-refractivity contribution in [2.24, 2.45) is 0 Å². The van der Waals surface area contributed by atoms with Crippen molar-refractivity contribution in [3.8, 4) is 0 Å². The number of carboxylic acid groups (broad SMARTS) is 2. The molecule has 2 N–H and O–H groups in total. The molecule has 0 unspecified atom stereocenters. The van der Waals surface area contributed by atoms with Gasteiger partial charge >= 0.3 is 11.9 Å². The van der Waals surface area contributed by atoms with Crippen molar-refractivity contribution in [1.82, 2.24) is 0 Å². The van der Waals surface area contributed by atoms with Gasteiger partial charge in [0.2, 0.25) is 0 Å². The molecule has 0 saturated carbocycles. The minimum absolute atomic E-state index is 0.147. The maximum Gasteiger partial charge on any atom is 0.307 e. The molecule has 0 atom stereocenters. The highest BCUT2D eigenvalue weighted by Crippen LogP contribution is 2.17. The van der Waals surface area contributed by atoms with E-state index in [1.54, 1.807) is 12.2 Å². The number of hydrogen-bond acceptors (Lipinski definition) is 2. The van der Waals surface area contributed by atoms with E-state index in [1.807, 2.05) is 26.0 Å². The van der Waals surface area contributed by atoms with Crippen LogP contribution < -0.4 is 0 Å². The first-order valence-corrected chi connectivity index (χ1v) is 9.70. The second-order valence-electron chi connectivity index (χ2n) is 5.67. The van der Waals surface area contributed by atoms with Crippen LogP contribution in [-0.2, 0) is 9.59 Å². The standard InChI is InChI=1S/C9H11I.2C6H10O2/c1-6-4-7(2)9(10)8(3)5-6;2*1-2-3-4-5-6(7)8/h4-5H,1-3H3;2*3-4H,2,5H2,1H3,(H,7,8). The lowest BCUT2D eigenvalue weighted by Crippen LogP contribution is -1.89. The lowest BCUT2D eigenvalue weighted by molar-refractivity contribution is -0.137. The van der Waals surface area contributed by atoms with Crippen LogP contribution in [0.1, 0.15) is 56.2 Å². The Kier molecular flexibility index (Phi) is 17.2. The molecule has 0 fully saturated rings. The summed E-state index contributed by atoms with van der Waals surface area (Å²) in [7, 11) is 0. The molecule has 146 valence electrons. The van der Waals surface area contributed by atoms with Gasteiger partial charge in [0.1, 0.15) is 0 Å². The van der Waals surface area contributed by atoms with Gasteiger partial charge in [-0.3, -0.25) is 9.59 Å². The van der Waals surface area contributed by atoms with Crippen molar-refractivity contribution in [2.75, 3.05) is 0 Å². The van der Waals surface area contributed by atoms with Crippen molar-refractivity contribution < 1.29 is 19.8 Å².